The summed E-state index contributed by atoms with van der Waals surface area (Å²) in [5, 5.41) is 15.2. The zero-order valence-corrected chi connectivity index (χ0v) is 9.26. The topological polar surface area (TPSA) is 64.3 Å². The number of nitrogens with zero attached hydrogens (tertiary/aromatic N) is 4. The third-order valence-electron chi connectivity index (χ3n) is 2.14. The van der Waals surface area contributed by atoms with Crippen molar-refractivity contribution >= 4 is 11.5 Å². The Hall–Kier alpha value is -1.69. The molecule has 86 valence electrons. The predicted molar refractivity (Wildman–Crippen MR) is 60.4 cm³/mol. The van der Waals surface area contributed by atoms with Gasteiger partial charge in [-0.1, -0.05) is 0 Å². The van der Waals surface area contributed by atoms with Crippen LogP contribution in [0.3, 0.4) is 0 Å². The highest BCUT2D eigenvalue weighted by Crippen LogP contribution is 2.03. The second kappa shape index (κ2) is 5.41. The molecule has 0 amide bonds. The minimum atomic E-state index is 0.750. The molecule has 2 rings (SSSR count). The molecule has 0 bridgehead atoms. The van der Waals surface area contributed by atoms with Gasteiger partial charge >= 0.3 is 0 Å². The van der Waals surface area contributed by atoms with E-state index in [2.05, 4.69) is 20.6 Å². The van der Waals surface area contributed by atoms with Crippen molar-refractivity contribution in [2.45, 2.75) is 13.3 Å². The molecule has 2 aromatic rings. The molecule has 1 N–H and O–H groups in total. The first kappa shape index (κ1) is 10.8. The number of hydrogen-bond donors (Lipinski definition) is 1. The van der Waals surface area contributed by atoms with E-state index in [9.17, 15) is 0 Å². The molecule has 0 fully saturated rings. The molecule has 0 saturated heterocycles. The SMILES string of the molecule is CCOCCCNc1ccc2nncn2n1. The van der Waals surface area contributed by atoms with Crippen LogP contribution in [-0.4, -0.2) is 39.6 Å². The summed E-state index contributed by atoms with van der Waals surface area (Å²) in [7, 11) is 0. The lowest BCUT2D eigenvalue weighted by atomic mass is 10.4. The molecule has 0 saturated carbocycles. The number of anilines is 1. The monoisotopic (exact) mass is 221 g/mol. The minimum Gasteiger partial charge on any atom is -0.382 e. The average Bonchev–Trinajstić information content (AvgIpc) is 2.76. The van der Waals surface area contributed by atoms with Crippen LogP contribution < -0.4 is 5.32 Å². The van der Waals surface area contributed by atoms with Gasteiger partial charge < -0.3 is 10.1 Å². The third kappa shape index (κ3) is 2.66. The van der Waals surface area contributed by atoms with E-state index in [4.69, 9.17) is 4.74 Å². The zero-order chi connectivity index (χ0) is 11.2. The zero-order valence-electron chi connectivity index (χ0n) is 9.26. The number of ether oxygens (including phenoxy) is 1. The number of rotatable bonds is 6. The molecular formula is C10H15N5O. The van der Waals surface area contributed by atoms with E-state index >= 15 is 0 Å². The van der Waals surface area contributed by atoms with Crippen LogP contribution >= 0.6 is 0 Å². The summed E-state index contributed by atoms with van der Waals surface area (Å²) in [6.07, 6.45) is 2.55. The number of nitrogens with one attached hydrogen (secondary N) is 1. The summed E-state index contributed by atoms with van der Waals surface area (Å²) in [6, 6.07) is 3.77. The first-order chi connectivity index (χ1) is 7.90. The normalized spacial score (nSPS) is 10.8. The van der Waals surface area contributed by atoms with Gasteiger partial charge in [0, 0.05) is 19.8 Å². The van der Waals surface area contributed by atoms with E-state index in [0.717, 1.165) is 37.6 Å². The van der Waals surface area contributed by atoms with Crippen molar-refractivity contribution in [1.82, 2.24) is 19.8 Å². The van der Waals surface area contributed by atoms with Gasteiger partial charge in [-0.25, -0.2) is 0 Å². The maximum absolute atomic E-state index is 5.24. The van der Waals surface area contributed by atoms with Gasteiger partial charge in [-0.2, -0.15) is 4.52 Å². The average molecular weight is 221 g/mol. The van der Waals surface area contributed by atoms with Crippen molar-refractivity contribution in [2.75, 3.05) is 25.1 Å². The largest absolute Gasteiger partial charge is 0.382 e. The standard InChI is InChI=1S/C10H15N5O/c1-2-16-7-3-6-11-9-4-5-10-13-12-8-15(10)14-9/h4-5,8H,2-3,6-7H2,1H3,(H,11,14). The second-order valence-electron chi connectivity index (χ2n) is 3.33. The van der Waals surface area contributed by atoms with Gasteiger partial charge in [-0.15, -0.1) is 15.3 Å². The lowest BCUT2D eigenvalue weighted by Gasteiger charge is -2.05. The Bertz CT molecular complexity index is 441. The lowest BCUT2D eigenvalue weighted by molar-refractivity contribution is 0.147. The summed E-state index contributed by atoms with van der Waals surface area (Å²) in [5.41, 5.74) is 0.750. The Balaban J connectivity index is 1.84. The summed E-state index contributed by atoms with van der Waals surface area (Å²) in [6.45, 7) is 4.39. The Kier molecular flexibility index (Phi) is 3.66. The summed E-state index contributed by atoms with van der Waals surface area (Å²) >= 11 is 0. The van der Waals surface area contributed by atoms with Crippen molar-refractivity contribution in [3.8, 4) is 0 Å². The number of fused-ring (bicyclic) bond motifs is 1. The summed E-state index contributed by atoms with van der Waals surface area (Å²) in [5.74, 6) is 0.823. The van der Waals surface area contributed by atoms with Crippen molar-refractivity contribution in [1.29, 1.82) is 0 Å². The molecule has 16 heavy (non-hydrogen) atoms. The number of aromatic nitrogens is 4. The van der Waals surface area contributed by atoms with Gasteiger partial charge in [0.2, 0.25) is 0 Å². The van der Waals surface area contributed by atoms with Gasteiger partial charge in [0.05, 0.1) is 0 Å². The lowest BCUT2D eigenvalue weighted by Crippen LogP contribution is -2.08. The third-order valence-corrected chi connectivity index (χ3v) is 2.14. The highest BCUT2D eigenvalue weighted by Gasteiger charge is 1.98. The molecule has 0 aromatic carbocycles. The molecule has 0 aliphatic heterocycles. The van der Waals surface area contributed by atoms with Crippen LogP contribution in [0.1, 0.15) is 13.3 Å². The van der Waals surface area contributed by atoms with E-state index in [1.165, 1.54) is 0 Å². The fourth-order valence-corrected chi connectivity index (χ4v) is 1.36. The molecule has 0 atom stereocenters. The van der Waals surface area contributed by atoms with Crippen LogP contribution in [-0.2, 0) is 4.74 Å². The molecule has 0 radical (unpaired) electrons. The van der Waals surface area contributed by atoms with E-state index < -0.39 is 0 Å². The fraction of sp³-hybridized carbons (Fsp3) is 0.500. The molecule has 0 aliphatic carbocycles. The van der Waals surface area contributed by atoms with Gasteiger partial charge in [-0.05, 0) is 25.5 Å². The van der Waals surface area contributed by atoms with Gasteiger partial charge in [0.15, 0.2) is 5.65 Å². The van der Waals surface area contributed by atoms with Crippen LogP contribution in [0.2, 0.25) is 0 Å². The van der Waals surface area contributed by atoms with Gasteiger partial charge in [0.25, 0.3) is 0 Å². The van der Waals surface area contributed by atoms with Crippen LogP contribution in [0.15, 0.2) is 18.5 Å². The van der Waals surface area contributed by atoms with E-state index in [-0.39, 0.29) is 0 Å². The van der Waals surface area contributed by atoms with Crippen molar-refractivity contribution in [3.05, 3.63) is 18.5 Å². The molecule has 2 aromatic heterocycles. The van der Waals surface area contributed by atoms with Gasteiger partial charge in [0.1, 0.15) is 12.1 Å². The van der Waals surface area contributed by atoms with Gasteiger partial charge in [-0.3, -0.25) is 0 Å². The maximum Gasteiger partial charge on any atom is 0.177 e. The fourth-order valence-electron chi connectivity index (χ4n) is 1.36. The molecular weight excluding hydrogens is 206 g/mol. The maximum atomic E-state index is 5.24. The molecule has 0 aliphatic rings. The summed E-state index contributed by atoms with van der Waals surface area (Å²) < 4.78 is 6.89. The first-order valence-electron chi connectivity index (χ1n) is 5.39. The highest BCUT2D eigenvalue weighted by atomic mass is 16.5. The Morgan fingerprint density at radius 1 is 1.44 bits per heavy atom. The molecule has 6 nitrogen and oxygen atoms in total. The number of hydrogen-bond acceptors (Lipinski definition) is 5. The van der Waals surface area contributed by atoms with Crippen molar-refractivity contribution in [3.63, 3.8) is 0 Å². The Morgan fingerprint density at radius 2 is 2.38 bits per heavy atom. The first-order valence-corrected chi connectivity index (χ1v) is 5.39. The van der Waals surface area contributed by atoms with Crippen LogP contribution in [0.4, 0.5) is 5.82 Å². The molecule has 2 heterocycles. The van der Waals surface area contributed by atoms with Crippen molar-refractivity contribution < 1.29 is 4.74 Å². The van der Waals surface area contributed by atoms with Crippen molar-refractivity contribution in [2.24, 2.45) is 0 Å². The predicted octanol–water partition coefficient (Wildman–Crippen LogP) is 0.963. The summed E-state index contributed by atoms with van der Waals surface area (Å²) in [4.78, 5) is 0. The van der Waals surface area contributed by atoms with E-state index in [1.54, 1.807) is 10.8 Å². The molecule has 0 spiro atoms. The Labute approximate surface area is 93.6 Å². The smallest absolute Gasteiger partial charge is 0.177 e. The van der Waals surface area contributed by atoms with Crippen LogP contribution in [0, 0.1) is 0 Å². The van der Waals surface area contributed by atoms with E-state index in [1.807, 2.05) is 19.1 Å². The quantitative estimate of drug-likeness (QED) is 0.736. The molecule has 0 unspecified atom stereocenters. The second-order valence-corrected chi connectivity index (χ2v) is 3.33. The van der Waals surface area contributed by atoms with Crippen LogP contribution in [0.25, 0.3) is 5.65 Å². The van der Waals surface area contributed by atoms with Crippen LogP contribution in [0.5, 0.6) is 0 Å². The highest BCUT2D eigenvalue weighted by molar-refractivity contribution is 5.42. The minimum absolute atomic E-state index is 0.750. The van der Waals surface area contributed by atoms with E-state index in [0.29, 0.717) is 0 Å². The molecule has 6 heteroatoms. The Morgan fingerprint density at radius 3 is 3.25 bits per heavy atom.